The fourth-order valence-corrected chi connectivity index (χ4v) is 3.31. The Balaban J connectivity index is 0.000000284. The van der Waals surface area contributed by atoms with E-state index in [0.29, 0.717) is 12.2 Å². The first-order valence-corrected chi connectivity index (χ1v) is 9.38. The van der Waals surface area contributed by atoms with Crippen molar-refractivity contribution in [1.82, 2.24) is 0 Å². The van der Waals surface area contributed by atoms with Crippen LogP contribution in [0.1, 0.15) is 38.3 Å². The number of aliphatic hydroxyl groups excluding tert-OH is 1. The van der Waals surface area contributed by atoms with Gasteiger partial charge in [0.2, 0.25) is 5.90 Å². The number of benzene rings is 2. The largest absolute Gasteiger partial charge is 0.494 e. The second kappa shape index (κ2) is 10.8. The molecule has 1 radical (unpaired) electrons. The van der Waals surface area contributed by atoms with Crippen molar-refractivity contribution in [3.05, 3.63) is 71.4 Å². The van der Waals surface area contributed by atoms with Crippen molar-refractivity contribution in [3.63, 3.8) is 0 Å². The van der Waals surface area contributed by atoms with E-state index in [0.717, 1.165) is 12.2 Å². The SMILES string of the molecule is CCCOc1ccc(C(=N)O)cc1.CN1/C(=C\C=N)C(C)(C)c2ccccc21.[Co]. The number of aliphatic hydroxyl groups is 1. The molecule has 0 unspecified atom stereocenters. The van der Waals surface area contributed by atoms with Crippen molar-refractivity contribution in [2.24, 2.45) is 0 Å². The minimum Gasteiger partial charge on any atom is -0.494 e. The van der Waals surface area contributed by atoms with Gasteiger partial charge in [0.05, 0.1) is 6.61 Å². The molecule has 5 nitrogen and oxygen atoms in total. The third-order valence-corrected chi connectivity index (χ3v) is 4.78. The van der Waals surface area contributed by atoms with E-state index in [9.17, 15) is 0 Å². The molecule has 3 rings (SSSR count). The molecule has 0 saturated heterocycles. The van der Waals surface area contributed by atoms with Gasteiger partial charge in [-0.3, -0.25) is 5.41 Å². The van der Waals surface area contributed by atoms with E-state index in [4.69, 9.17) is 20.7 Å². The molecule has 0 aliphatic carbocycles. The van der Waals surface area contributed by atoms with E-state index in [2.05, 4.69) is 50.1 Å². The molecule has 3 N–H and O–H groups in total. The first kappa shape index (κ1) is 24.5. The Kier molecular flexibility index (Phi) is 9.14. The van der Waals surface area contributed by atoms with Crippen LogP contribution in [0.5, 0.6) is 5.75 Å². The molecule has 2 aromatic rings. The molecule has 157 valence electrons. The summed E-state index contributed by atoms with van der Waals surface area (Å²) in [6.07, 6.45) is 4.21. The maximum absolute atomic E-state index is 8.83. The number of nitrogens with one attached hydrogen (secondary N) is 2. The normalized spacial score (nSPS) is 14.9. The molecular weight excluding hydrogens is 409 g/mol. The Bertz CT molecular complexity index is 861. The first-order chi connectivity index (χ1) is 13.3. The molecule has 0 fully saturated rings. The van der Waals surface area contributed by atoms with Crippen molar-refractivity contribution in [2.75, 3.05) is 18.6 Å². The topological polar surface area (TPSA) is 80.4 Å². The molecule has 0 saturated carbocycles. The summed E-state index contributed by atoms with van der Waals surface area (Å²) in [5.74, 6) is 0.355. The van der Waals surface area contributed by atoms with Gasteiger partial charge in [-0.2, -0.15) is 0 Å². The van der Waals surface area contributed by atoms with Gasteiger partial charge in [-0.1, -0.05) is 39.0 Å². The van der Waals surface area contributed by atoms with Crippen LogP contribution in [0.2, 0.25) is 0 Å². The summed E-state index contributed by atoms with van der Waals surface area (Å²) < 4.78 is 5.34. The molecule has 1 heterocycles. The Hall–Kier alpha value is -2.57. The minimum absolute atomic E-state index is 0. The number of rotatable bonds is 5. The maximum atomic E-state index is 8.83. The van der Waals surface area contributed by atoms with Crippen LogP contribution in [0.4, 0.5) is 5.69 Å². The van der Waals surface area contributed by atoms with Crippen LogP contribution in [-0.2, 0) is 22.2 Å². The quantitative estimate of drug-likeness (QED) is 0.438. The second-order valence-electron chi connectivity index (χ2n) is 7.14. The number of para-hydroxylation sites is 1. The van der Waals surface area contributed by atoms with E-state index in [1.165, 1.54) is 23.2 Å². The number of ether oxygens (including phenoxy) is 1. The van der Waals surface area contributed by atoms with Crippen LogP contribution >= 0.6 is 0 Å². The summed E-state index contributed by atoms with van der Waals surface area (Å²) in [5, 5.41) is 23.0. The fraction of sp³-hybridized carbons (Fsp3) is 0.304. The van der Waals surface area contributed by atoms with Gasteiger partial charge in [0, 0.05) is 52.4 Å². The number of fused-ring (bicyclic) bond motifs is 1. The Morgan fingerprint density at radius 3 is 2.28 bits per heavy atom. The summed E-state index contributed by atoms with van der Waals surface area (Å²) in [6.45, 7) is 7.13. The molecule has 29 heavy (non-hydrogen) atoms. The van der Waals surface area contributed by atoms with Gasteiger partial charge in [0.15, 0.2) is 0 Å². The number of nitrogens with zero attached hydrogens (tertiary/aromatic N) is 1. The average Bonchev–Trinajstić information content (AvgIpc) is 2.88. The molecule has 0 aromatic heterocycles. The van der Waals surface area contributed by atoms with Crippen molar-refractivity contribution >= 4 is 17.8 Å². The zero-order chi connectivity index (χ0) is 20.7. The van der Waals surface area contributed by atoms with Gasteiger partial charge in [0.1, 0.15) is 5.75 Å². The molecule has 0 amide bonds. The summed E-state index contributed by atoms with van der Waals surface area (Å²) in [4.78, 5) is 2.17. The smallest absolute Gasteiger partial charge is 0.210 e. The summed E-state index contributed by atoms with van der Waals surface area (Å²) >= 11 is 0. The number of anilines is 1. The van der Waals surface area contributed by atoms with Crippen molar-refractivity contribution in [3.8, 4) is 5.75 Å². The number of allylic oxidation sites excluding steroid dienone is 2. The monoisotopic (exact) mass is 438 g/mol. The number of likely N-dealkylation sites (N-methyl/N-ethyl adjacent to an activating group) is 1. The van der Waals surface area contributed by atoms with Gasteiger partial charge in [-0.05, 0) is 48.4 Å². The van der Waals surface area contributed by atoms with Crippen molar-refractivity contribution in [2.45, 2.75) is 32.6 Å². The average molecular weight is 438 g/mol. The molecule has 1 aliphatic rings. The molecule has 0 spiro atoms. The minimum atomic E-state index is -0.415. The third-order valence-electron chi connectivity index (χ3n) is 4.78. The molecule has 1 aliphatic heterocycles. The second-order valence-corrected chi connectivity index (χ2v) is 7.14. The number of hydrogen-bond donors (Lipinski definition) is 3. The zero-order valence-corrected chi connectivity index (χ0v) is 18.4. The van der Waals surface area contributed by atoms with Crippen LogP contribution in [-0.4, -0.2) is 30.9 Å². The summed E-state index contributed by atoms with van der Waals surface area (Å²) in [5.41, 5.74) is 4.27. The summed E-state index contributed by atoms with van der Waals surface area (Å²) in [7, 11) is 2.06. The van der Waals surface area contributed by atoms with E-state index < -0.39 is 5.90 Å². The molecule has 0 bridgehead atoms. The van der Waals surface area contributed by atoms with Crippen LogP contribution in [0.25, 0.3) is 0 Å². The van der Waals surface area contributed by atoms with Crippen molar-refractivity contribution in [1.29, 1.82) is 10.8 Å². The van der Waals surface area contributed by atoms with Crippen LogP contribution in [0.3, 0.4) is 0 Å². The zero-order valence-electron chi connectivity index (χ0n) is 17.3. The Morgan fingerprint density at radius 2 is 1.76 bits per heavy atom. The van der Waals surface area contributed by atoms with Crippen LogP contribution < -0.4 is 9.64 Å². The van der Waals surface area contributed by atoms with Crippen LogP contribution in [0, 0.1) is 10.8 Å². The van der Waals surface area contributed by atoms with E-state index in [1.807, 2.05) is 13.0 Å². The fourth-order valence-electron chi connectivity index (χ4n) is 3.31. The van der Waals surface area contributed by atoms with Gasteiger partial charge in [-0.15, -0.1) is 0 Å². The summed E-state index contributed by atoms with van der Waals surface area (Å²) in [6, 6.07) is 15.2. The molecule has 6 heteroatoms. The number of hydrogen-bond acceptors (Lipinski definition) is 4. The molecular formula is C23H29CoN3O2. The molecule has 2 aromatic carbocycles. The van der Waals surface area contributed by atoms with Crippen LogP contribution in [0.15, 0.2) is 60.3 Å². The predicted octanol–water partition coefficient (Wildman–Crippen LogP) is 5.30. The van der Waals surface area contributed by atoms with E-state index in [1.54, 1.807) is 24.3 Å². The molecule has 0 atom stereocenters. The van der Waals surface area contributed by atoms with E-state index in [-0.39, 0.29) is 22.2 Å². The Labute approximate surface area is 183 Å². The third kappa shape index (κ3) is 5.71. The Morgan fingerprint density at radius 1 is 1.14 bits per heavy atom. The van der Waals surface area contributed by atoms with Gasteiger partial charge >= 0.3 is 0 Å². The van der Waals surface area contributed by atoms with Crippen molar-refractivity contribution < 1.29 is 26.6 Å². The predicted molar refractivity (Wildman–Crippen MR) is 116 cm³/mol. The maximum Gasteiger partial charge on any atom is 0.210 e. The van der Waals surface area contributed by atoms with Gasteiger partial charge in [0.25, 0.3) is 0 Å². The van der Waals surface area contributed by atoms with E-state index >= 15 is 0 Å². The standard InChI is InChI=1S/C13H16N2.C10H13NO2.Co/c1-13(2)10-6-4-5-7-11(10)15(3)12(13)8-9-14;1-2-7-13-9-5-3-8(4-6-9)10(11)12;/h4-9,14H,1-3H3;3-6H,2,7H2,1H3,(H2,11,12);/b12-8-,14-9?;;. The first-order valence-electron chi connectivity index (χ1n) is 9.38. The van der Waals surface area contributed by atoms with Gasteiger partial charge in [-0.25, -0.2) is 0 Å². The van der Waals surface area contributed by atoms with Gasteiger partial charge < -0.3 is 20.2 Å².